The molecular weight excluding hydrogens is 388 g/mol. The number of benzene rings is 1. The van der Waals surface area contributed by atoms with Crippen LogP contribution in [0.5, 0.6) is 0 Å². The smallest absolute Gasteiger partial charge is 0.234 e. The molecule has 0 atom stereocenters. The molecule has 0 unspecified atom stereocenters. The van der Waals surface area contributed by atoms with E-state index in [4.69, 9.17) is 0 Å². The van der Waals surface area contributed by atoms with Gasteiger partial charge in [0, 0.05) is 34.7 Å². The molecule has 1 fully saturated rings. The van der Waals surface area contributed by atoms with Gasteiger partial charge in [0.05, 0.1) is 5.75 Å². The third-order valence-electron chi connectivity index (χ3n) is 5.07. The van der Waals surface area contributed by atoms with Crippen molar-refractivity contribution >= 4 is 50.6 Å². The Morgan fingerprint density at radius 3 is 2.57 bits per heavy atom. The highest BCUT2D eigenvalue weighted by Gasteiger charge is 2.16. The maximum absolute atomic E-state index is 12.5. The zero-order chi connectivity index (χ0) is 19.7. The molecule has 2 aromatic heterocycles. The van der Waals surface area contributed by atoms with Crippen LogP contribution >= 0.6 is 23.1 Å². The maximum atomic E-state index is 12.5. The summed E-state index contributed by atoms with van der Waals surface area (Å²) in [5.41, 5.74) is 3.27. The Bertz CT molecular complexity index is 1010. The molecule has 1 N–H and O–H groups in total. The molecule has 7 heteroatoms. The number of rotatable bonds is 5. The number of nitrogens with zero attached hydrogens (tertiary/aromatic N) is 3. The van der Waals surface area contributed by atoms with E-state index in [0.717, 1.165) is 39.8 Å². The number of fused-ring (bicyclic) bond motifs is 1. The summed E-state index contributed by atoms with van der Waals surface area (Å²) >= 11 is 3.16. The molecule has 0 radical (unpaired) electrons. The molecular formula is C21H24N4OS2. The number of hydrogen-bond donors (Lipinski definition) is 1. The normalized spacial score (nSPS) is 14.0. The van der Waals surface area contributed by atoms with E-state index in [9.17, 15) is 4.79 Å². The van der Waals surface area contributed by atoms with Gasteiger partial charge in [0.15, 0.2) is 0 Å². The third-order valence-corrected chi connectivity index (χ3v) is 7.15. The molecule has 1 amide bonds. The molecule has 3 aromatic rings. The van der Waals surface area contributed by atoms with E-state index in [1.54, 1.807) is 11.3 Å². The van der Waals surface area contributed by atoms with Gasteiger partial charge in [-0.15, -0.1) is 11.3 Å². The minimum absolute atomic E-state index is 0.0204. The zero-order valence-electron chi connectivity index (χ0n) is 16.4. The molecule has 146 valence electrons. The van der Waals surface area contributed by atoms with E-state index in [0.29, 0.717) is 5.75 Å². The number of carbonyl (C=O) groups excluding carboxylic acids is 1. The molecule has 1 aliphatic rings. The largest absolute Gasteiger partial charge is 0.372 e. The van der Waals surface area contributed by atoms with Crippen molar-refractivity contribution in [2.24, 2.45) is 0 Å². The molecule has 1 aliphatic heterocycles. The Kier molecular flexibility index (Phi) is 5.55. The fourth-order valence-electron chi connectivity index (χ4n) is 3.48. The number of thiophene rings is 1. The second-order valence-electron chi connectivity index (χ2n) is 7.12. The Balaban J connectivity index is 1.41. The molecule has 5 nitrogen and oxygen atoms in total. The van der Waals surface area contributed by atoms with E-state index in [1.165, 1.54) is 40.7 Å². The van der Waals surface area contributed by atoms with Crippen LogP contribution in [0.4, 0.5) is 11.4 Å². The second kappa shape index (κ2) is 8.09. The fourth-order valence-corrected chi connectivity index (χ4v) is 5.55. The lowest BCUT2D eigenvalue weighted by Crippen LogP contribution is -2.18. The lowest BCUT2D eigenvalue weighted by Gasteiger charge is -2.17. The van der Waals surface area contributed by atoms with Crippen LogP contribution in [0.25, 0.3) is 10.2 Å². The number of aryl methyl sites for hydroxylation is 3. The first-order valence-electron chi connectivity index (χ1n) is 9.53. The summed E-state index contributed by atoms with van der Waals surface area (Å²) in [6.45, 7) is 8.34. The summed E-state index contributed by atoms with van der Waals surface area (Å²) in [4.78, 5) is 26.2. The van der Waals surface area contributed by atoms with Crippen LogP contribution in [-0.4, -0.2) is 34.7 Å². The summed E-state index contributed by atoms with van der Waals surface area (Å²) in [6, 6.07) is 8.14. The van der Waals surface area contributed by atoms with Gasteiger partial charge in [0.1, 0.15) is 15.7 Å². The van der Waals surface area contributed by atoms with Gasteiger partial charge >= 0.3 is 0 Å². The van der Waals surface area contributed by atoms with Gasteiger partial charge in [-0.2, -0.15) is 0 Å². The molecule has 1 aromatic carbocycles. The zero-order valence-corrected chi connectivity index (χ0v) is 18.0. The van der Waals surface area contributed by atoms with Crippen molar-refractivity contribution in [3.8, 4) is 0 Å². The average molecular weight is 413 g/mol. The van der Waals surface area contributed by atoms with Crippen molar-refractivity contribution in [3.05, 3.63) is 40.5 Å². The molecule has 0 aliphatic carbocycles. The molecule has 4 rings (SSSR count). The first-order valence-corrected chi connectivity index (χ1v) is 11.3. The van der Waals surface area contributed by atoms with Gasteiger partial charge in [-0.3, -0.25) is 4.79 Å². The second-order valence-corrected chi connectivity index (χ2v) is 9.28. The molecule has 3 heterocycles. The van der Waals surface area contributed by atoms with Crippen LogP contribution < -0.4 is 10.2 Å². The Morgan fingerprint density at radius 1 is 1.14 bits per heavy atom. The first-order chi connectivity index (χ1) is 13.5. The van der Waals surface area contributed by atoms with E-state index in [1.807, 2.05) is 19.1 Å². The monoisotopic (exact) mass is 412 g/mol. The predicted octanol–water partition coefficient (Wildman–Crippen LogP) is 4.95. The summed E-state index contributed by atoms with van der Waals surface area (Å²) < 4.78 is 0. The summed E-state index contributed by atoms with van der Waals surface area (Å²) in [5, 5.41) is 4.97. The first kappa shape index (κ1) is 19.2. The van der Waals surface area contributed by atoms with Crippen molar-refractivity contribution < 1.29 is 4.79 Å². The van der Waals surface area contributed by atoms with E-state index in [2.05, 4.69) is 46.2 Å². The molecule has 0 bridgehead atoms. The third kappa shape index (κ3) is 4.00. The number of hydrogen-bond acceptors (Lipinski definition) is 6. The summed E-state index contributed by atoms with van der Waals surface area (Å²) in [5.74, 6) is 1.05. The number of carbonyl (C=O) groups is 1. The molecule has 1 saturated heterocycles. The number of thioether (sulfide) groups is 1. The van der Waals surface area contributed by atoms with Gasteiger partial charge in [-0.1, -0.05) is 11.8 Å². The van der Waals surface area contributed by atoms with Gasteiger partial charge in [0.25, 0.3) is 0 Å². The number of aromatic nitrogens is 2. The Hall–Kier alpha value is -2.12. The van der Waals surface area contributed by atoms with Crippen LogP contribution in [0.2, 0.25) is 0 Å². The van der Waals surface area contributed by atoms with Crippen molar-refractivity contribution in [2.75, 3.05) is 29.1 Å². The van der Waals surface area contributed by atoms with E-state index >= 15 is 0 Å². The average Bonchev–Trinajstić information content (AvgIpc) is 3.29. The molecule has 0 saturated carbocycles. The Labute approximate surface area is 173 Å². The van der Waals surface area contributed by atoms with Crippen molar-refractivity contribution in [2.45, 2.75) is 38.6 Å². The van der Waals surface area contributed by atoms with E-state index < -0.39 is 0 Å². The quantitative estimate of drug-likeness (QED) is 0.475. The van der Waals surface area contributed by atoms with Crippen LogP contribution in [0.3, 0.4) is 0 Å². The standard InChI is InChI=1S/C21H24N4OS2/c1-13-14(2)28-21-19(13)20(22-15(3)23-21)27-12-18(26)24-16-6-8-17(9-7-16)25-10-4-5-11-25/h6-9H,4-5,10-12H2,1-3H3,(H,24,26). The van der Waals surface area contributed by atoms with Crippen LogP contribution in [0.1, 0.15) is 29.1 Å². The SMILES string of the molecule is Cc1nc(SCC(=O)Nc2ccc(N3CCCC3)cc2)c2c(C)c(C)sc2n1. The minimum Gasteiger partial charge on any atom is -0.372 e. The van der Waals surface area contributed by atoms with Crippen LogP contribution in [0, 0.1) is 20.8 Å². The number of nitrogens with one attached hydrogen (secondary N) is 1. The minimum atomic E-state index is -0.0204. The fraction of sp³-hybridized carbons (Fsp3) is 0.381. The predicted molar refractivity (Wildman–Crippen MR) is 119 cm³/mol. The van der Waals surface area contributed by atoms with Crippen molar-refractivity contribution in [1.29, 1.82) is 0 Å². The van der Waals surface area contributed by atoms with Gasteiger partial charge in [0.2, 0.25) is 5.91 Å². The highest BCUT2D eigenvalue weighted by Crippen LogP contribution is 2.35. The van der Waals surface area contributed by atoms with Gasteiger partial charge in [-0.25, -0.2) is 9.97 Å². The highest BCUT2D eigenvalue weighted by molar-refractivity contribution is 8.00. The topological polar surface area (TPSA) is 58.1 Å². The molecule has 28 heavy (non-hydrogen) atoms. The van der Waals surface area contributed by atoms with Gasteiger partial charge in [-0.05, 0) is 63.4 Å². The summed E-state index contributed by atoms with van der Waals surface area (Å²) in [6.07, 6.45) is 2.52. The highest BCUT2D eigenvalue weighted by atomic mass is 32.2. The van der Waals surface area contributed by atoms with E-state index in [-0.39, 0.29) is 5.91 Å². The van der Waals surface area contributed by atoms with Crippen LogP contribution in [-0.2, 0) is 4.79 Å². The maximum Gasteiger partial charge on any atom is 0.234 e. The Morgan fingerprint density at radius 2 is 1.86 bits per heavy atom. The van der Waals surface area contributed by atoms with Crippen LogP contribution in [0.15, 0.2) is 29.3 Å². The number of amides is 1. The number of anilines is 2. The van der Waals surface area contributed by atoms with Crippen molar-refractivity contribution in [3.63, 3.8) is 0 Å². The summed E-state index contributed by atoms with van der Waals surface area (Å²) in [7, 11) is 0. The molecule has 0 spiro atoms. The lowest BCUT2D eigenvalue weighted by molar-refractivity contribution is -0.113. The lowest BCUT2D eigenvalue weighted by atomic mass is 10.2. The van der Waals surface area contributed by atoms with Crippen molar-refractivity contribution in [1.82, 2.24) is 9.97 Å². The van der Waals surface area contributed by atoms with Gasteiger partial charge < -0.3 is 10.2 Å².